The van der Waals surface area contributed by atoms with Crippen molar-refractivity contribution in [3.63, 3.8) is 0 Å². The molecule has 0 fully saturated rings. The van der Waals surface area contributed by atoms with E-state index in [1.807, 2.05) is 30.5 Å². The fourth-order valence-electron chi connectivity index (χ4n) is 1.46. The van der Waals surface area contributed by atoms with Gasteiger partial charge >= 0.3 is 0 Å². The van der Waals surface area contributed by atoms with Gasteiger partial charge in [0.25, 0.3) is 0 Å². The molecular weight excluding hydrogens is 174 g/mol. The molecule has 0 bridgehead atoms. The quantitative estimate of drug-likeness (QED) is 0.767. The minimum Gasteiger partial charge on any atom is -0.364 e. The number of nitrogens with two attached hydrogens (primary N) is 1. The first-order valence-corrected chi connectivity index (χ1v) is 4.64. The Labute approximate surface area is 83.0 Å². The monoisotopic (exact) mass is 187 g/mol. The van der Waals surface area contributed by atoms with Crippen LogP contribution >= 0.6 is 0 Å². The fourth-order valence-corrected chi connectivity index (χ4v) is 1.46. The lowest BCUT2D eigenvalue weighted by Gasteiger charge is -2.09. The Morgan fingerprint density at radius 1 is 1.29 bits per heavy atom. The van der Waals surface area contributed by atoms with E-state index in [0.29, 0.717) is 0 Å². The van der Waals surface area contributed by atoms with Crippen molar-refractivity contribution in [2.75, 3.05) is 0 Å². The van der Waals surface area contributed by atoms with Crippen molar-refractivity contribution in [3.8, 4) is 0 Å². The van der Waals surface area contributed by atoms with E-state index in [9.17, 15) is 0 Å². The minimum absolute atomic E-state index is 0.0346. The Bertz CT molecular complexity index is 367. The van der Waals surface area contributed by atoms with E-state index in [4.69, 9.17) is 5.73 Å². The van der Waals surface area contributed by atoms with E-state index < -0.39 is 0 Å². The van der Waals surface area contributed by atoms with Crippen LogP contribution in [-0.2, 0) is 6.42 Å². The van der Waals surface area contributed by atoms with E-state index in [1.54, 1.807) is 12.4 Å². The SMILES string of the molecule is NC(Cc1ccncc1)c1ccc[nH]1. The molecule has 0 aliphatic heterocycles. The lowest BCUT2D eigenvalue weighted by Crippen LogP contribution is -2.13. The number of rotatable bonds is 3. The number of pyridine rings is 1. The number of nitrogens with one attached hydrogen (secondary N) is 1. The molecule has 0 aliphatic carbocycles. The number of aromatic nitrogens is 2. The number of hydrogen-bond donors (Lipinski definition) is 2. The third-order valence-corrected chi connectivity index (χ3v) is 2.23. The Morgan fingerprint density at radius 3 is 2.71 bits per heavy atom. The zero-order valence-electron chi connectivity index (χ0n) is 7.85. The molecular formula is C11H13N3. The maximum Gasteiger partial charge on any atom is 0.0488 e. The van der Waals surface area contributed by atoms with Crippen LogP contribution in [0.25, 0.3) is 0 Å². The van der Waals surface area contributed by atoms with Crippen molar-refractivity contribution < 1.29 is 0 Å². The van der Waals surface area contributed by atoms with Crippen LogP contribution in [0.4, 0.5) is 0 Å². The smallest absolute Gasteiger partial charge is 0.0488 e. The van der Waals surface area contributed by atoms with Crippen molar-refractivity contribution in [2.45, 2.75) is 12.5 Å². The lowest BCUT2D eigenvalue weighted by atomic mass is 10.1. The fraction of sp³-hybridized carbons (Fsp3) is 0.182. The third kappa shape index (κ3) is 2.00. The summed E-state index contributed by atoms with van der Waals surface area (Å²) in [6, 6.07) is 7.98. The Kier molecular flexibility index (Phi) is 2.60. The average Bonchev–Trinajstić information content (AvgIpc) is 2.72. The third-order valence-electron chi connectivity index (χ3n) is 2.23. The zero-order valence-corrected chi connectivity index (χ0v) is 7.85. The van der Waals surface area contributed by atoms with Crippen LogP contribution in [0, 0.1) is 0 Å². The van der Waals surface area contributed by atoms with E-state index >= 15 is 0 Å². The van der Waals surface area contributed by atoms with E-state index in [1.165, 1.54) is 5.56 Å². The predicted molar refractivity (Wildman–Crippen MR) is 55.7 cm³/mol. The number of H-pyrrole nitrogens is 1. The topological polar surface area (TPSA) is 54.7 Å². The van der Waals surface area contributed by atoms with Gasteiger partial charge in [-0.25, -0.2) is 0 Å². The first-order chi connectivity index (χ1) is 6.86. The van der Waals surface area contributed by atoms with Gasteiger partial charge in [0.2, 0.25) is 0 Å². The molecule has 3 heteroatoms. The largest absolute Gasteiger partial charge is 0.364 e. The molecule has 1 unspecified atom stereocenters. The molecule has 0 aliphatic rings. The highest BCUT2D eigenvalue weighted by Gasteiger charge is 2.06. The Morgan fingerprint density at radius 2 is 2.07 bits per heavy atom. The molecule has 2 heterocycles. The van der Waals surface area contributed by atoms with Crippen LogP contribution < -0.4 is 5.73 Å². The van der Waals surface area contributed by atoms with Gasteiger partial charge in [0, 0.05) is 30.3 Å². The molecule has 2 aromatic heterocycles. The van der Waals surface area contributed by atoms with Gasteiger partial charge in [-0.1, -0.05) is 0 Å². The summed E-state index contributed by atoms with van der Waals surface area (Å²) in [5, 5.41) is 0. The molecule has 3 N–H and O–H groups in total. The van der Waals surface area contributed by atoms with Crippen molar-refractivity contribution in [3.05, 3.63) is 54.1 Å². The Hall–Kier alpha value is -1.61. The first-order valence-electron chi connectivity index (χ1n) is 4.64. The first kappa shape index (κ1) is 8.97. The van der Waals surface area contributed by atoms with Crippen LogP contribution in [0.2, 0.25) is 0 Å². The summed E-state index contributed by atoms with van der Waals surface area (Å²) in [6.07, 6.45) is 6.30. The summed E-state index contributed by atoms with van der Waals surface area (Å²) < 4.78 is 0. The summed E-state index contributed by atoms with van der Waals surface area (Å²) in [7, 11) is 0. The maximum atomic E-state index is 6.02. The van der Waals surface area contributed by atoms with Crippen LogP contribution in [0.3, 0.4) is 0 Å². The van der Waals surface area contributed by atoms with Crippen molar-refractivity contribution in [1.29, 1.82) is 0 Å². The normalized spacial score (nSPS) is 12.6. The van der Waals surface area contributed by atoms with Crippen LogP contribution in [-0.4, -0.2) is 9.97 Å². The summed E-state index contributed by atoms with van der Waals surface area (Å²) >= 11 is 0. The van der Waals surface area contributed by atoms with Crippen molar-refractivity contribution in [2.24, 2.45) is 5.73 Å². The second-order valence-electron chi connectivity index (χ2n) is 3.29. The average molecular weight is 187 g/mol. The zero-order chi connectivity index (χ0) is 9.80. The van der Waals surface area contributed by atoms with E-state index in [-0.39, 0.29) is 6.04 Å². The van der Waals surface area contributed by atoms with Crippen molar-refractivity contribution in [1.82, 2.24) is 9.97 Å². The second kappa shape index (κ2) is 4.07. The molecule has 3 nitrogen and oxygen atoms in total. The van der Waals surface area contributed by atoms with Crippen LogP contribution in [0.5, 0.6) is 0 Å². The van der Waals surface area contributed by atoms with Gasteiger partial charge in [-0.3, -0.25) is 4.98 Å². The van der Waals surface area contributed by atoms with Crippen molar-refractivity contribution >= 4 is 0 Å². The molecule has 0 amide bonds. The summed E-state index contributed by atoms with van der Waals surface area (Å²) in [5.41, 5.74) is 8.30. The van der Waals surface area contributed by atoms with E-state index in [2.05, 4.69) is 9.97 Å². The predicted octanol–water partition coefficient (Wildman–Crippen LogP) is 1.65. The number of aromatic amines is 1. The highest BCUT2D eigenvalue weighted by molar-refractivity contribution is 5.16. The minimum atomic E-state index is 0.0346. The standard InChI is InChI=1S/C11H13N3/c12-10(11-2-1-5-14-11)8-9-3-6-13-7-4-9/h1-7,10,14H,8,12H2. The molecule has 0 saturated carbocycles. The molecule has 14 heavy (non-hydrogen) atoms. The van der Waals surface area contributed by atoms with Gasteiger partial charge in [-0.15, -0.1) is 0 Å². The highest BCUT2D eigenvalue weighted by Crippen LogP contribution is 2.12. The van der Waals surface area contributed by atoms with Gasteiger partial charge in [-0.05, 0) is 36.2 Å². The van der Waals surface area contributed by atoms with Crippen LogP contribution in [0.1, 0.15) is 17.3 Å². The number of nitrogens with zero attached hydrogens (tertiary/aromatic N) is 1. The molecule has 72 valence electrons. The highest BCUT2D eigenvalue weighted by atomic mass is 14.8. The number of hydrogen-bond acceptors (Lipinski definition) is 2. The van der Waals surface area contributed by atoms with Crippen LogP contribution in [0.15, 0.2) is 42.9 Å². The van der Waals surface area contributed by atoms with Gasteiger partial charge in [0.1, 0.15) is 0 Å². The molecule has 0 spiro atoms. The summed E-state index contributed by atoms with van der Waals surface area (Å²) in [5.74, 6) is 0. The lowest BCUT2D eigenvalue weighted by molar-refractivity contribution is 0.701. The Balaban J connectivity index is 2.06. The van der Waals surface area contributed by atoms with Gasteiger partial charge in [0.15, 0.2) is 0 Å². The molecule has 0 aromatic carbocycles. The second-order valence-corrected chi connectivity index (χ2v) is 3.29. The molecule has 0 saturated heterocycles. The molecule has 2 rings (SSSR count). The maximum absolute atomic E-state index is 6.02. The molecule has 0 radical (unpaired) electrons. The molecule has 1 atom stereocenters. The van der Waals surface area contributed by atoms with E-state index in [0.717, 1.165) is 12.1 Å². The molecule has 2 aromatic rings. The van der Waals surface area contributed by atoms with Gasteiger partial charge < -0.3 is 10.7 Å². The van der Waals surface area contributed by atoms with Gasteiger partial charge in [0.05, 0.1) is 0 Å². The summed E-state index contributed by atoms with van der Waals surface area (Å²) in [6.45, 7) is 0. The van der Waals surface area contributed by atoms with Gasteiger partial charge in [-0.2, -0.15) is 0 Å². The summed E-state index contributed by atoms with van der Waals surface area (Å²) in [4.78, 5) is 7.08.